The van der Waals surface area contributed by atoms with E-state index in [0.29, 0.717) is 6.54 Å². The van der Waals surface area contributed by atoms with E-state index in [1.54, 1.807) is 27.2 Å². The number of benzene rings is 2. The number of rotatable bonds is 6. The molecule has 2 heterocycles. The van der Waals surface area contributed by atoms with Crippen molar-refractivity contribution in [3.8, 4) is 5.69 Å². The maximum Gasteiger partial charge on any atom is 0.317 e. The van der Waals surface area contributed by atoms with Crippen LogP contribution in [0.5, 0.6) is 0 Å². The van der Waals surface area contributed by atoms with Crippen LogP contribution in [0.1, 0.15) is 24.1 Å². The van der Waals surface area contributed by atoms with Crippen LogP contribution in [0.25, 0.3) is 15.8 Å². The van der Waals surface area contributed by atoms with Crippen molar-refractivity contribution in [3.63, 3.8) is 0 Å². The van der Waals surface area contributed by atoms with E-state index >= 15 is 0 Å². The molecule has 0 spiro atoms. The fourth-order valence-electron chi connectivity index (χ4n) is 3.30. The SMILES string of the molecule is CC(c1ccc(-n2cncn2)cc1)N(C)C(=O)NCCc1csc2ccccc12. The number of aromatic nitrogens is 3. The van der Waals surface area contributed by atoms with Gasteiger partial charge in [-0.3, -0.25) is 0 Å². The molecular weight excluding hydrogens is 382 g/mol. The van der Waals surface area contributed by atoms with Crippen LogP contribution in [0.2, 0.25) is 0 Å². The van der Waals surface area contributed by atoms with Crippen molar-refractivity contribution in [3.05, 3.63) is 77.7 Å². The lowest BCUT2D eigenvalue weighted by Crippen LogP contribution is -2.39. The van der Waals surface area contributed by atoms with Crippen molar-refractivity contribution in [1.82, 2.24) is 25.0 Å². The lowest BCUT2D eigenvalue weighted by molar-refractivity contribution is 0.194. The lowest BCUT2D eigenvalue weighted by Gasteiger charge is -2.25. The topological polar surface area (TPSA) is 63.1 Å². The average Bonchev–Trinajstić information content (AvgIpc) is 3.43. The van der Waals surface area contributed by atoms with Crippen molar-refractivity contribution >= 4 is 27.5 Å². The maximum atomic E-state index is 12.6. The van der Waals surface area contributed by atoms with Crippen molar-refractivity contribution in [2.75, 3.05) is 13.6 Å². The molecule has 2 amide bonds. The molecule has 0 saturated carbocycles. The predicted octanol–water partition coefficient (Wildman–Crippen LogP) is 4.43. The summed E-state index contributed by atoms with van der Waals surface area (Å²) in [6.45, 7) is 2.64. The average molecular weight is 406 g/mol. The summed E-state index contributed by atoms with van der Waals surface area (Å²) >= 11 is 1.75. The quantitative estimate of drug-likeness (QED) is 0.516. The minimum atomic E-state index is -0.0719. The molecule has 0 aliphatic carbocycles. The van der Waals surface area contributed by atoms with Gasteiger partial charge in [0.2, 0.25) is 0 Å². The van der Waals surface area contributed by atoms with E-state index < -0.39 is 0 Å². The van der Waals surface area contributed by atoms with Gasteiger partial charge in [-0.1, -0.05) is 30.3 Å². The molecule has 0 radical (unpaired) electrons. The summed E-state index contributed by atoms with van der Waals surface area (Å²) in [5, 5.41) is 10.6. The van der Waals surface area contributed by atoms with E-state index in [4.69, 9.17) is 0 Å². The maximum absolute atomic E-state index is 12.6. The van der Waals surface area contributed by atoms with Gasteiger partial charge in [-0.05, 0) is 53.4 Å². The highest BCUT2D eigenvalue weighted by Crippen LogP contribution is 2.26. The Hall–Kier alpha value is -3.19. The number of fused-ring (bicyclic) bond motifs is 1. The predicted molar refractivity (Wildman–Crippen MR) is 116 cm³/mol. The largest absolute Gasteiger partial charge is 0.338 e. The molecule has 0 fully saturated rings. The Morgan fingerprint density at radius 3 is 2.76 bits per heavy atom. The fourth-order valence-corrected chi connectivity index (χ4v) is 4.30. The van der Waals surface area contributed by atoms with Gasteiger partial charge < -0.3 is 10.2 Å². The zero-order valence-corrected chi connectivity index (χ0v) is 17.3. The van der Waals surface area contributed by atoms with Crippen LogP contribution < -0.4 is 5.32 Å². The van der Waals surface area contributed by atoms with Gasteiger partial charge in [-0.15, -0.1) is 11.3 Å². The van der Waals surface area contributed by atoms with Crippen LogP contribution in [-0.4, -0.2) is 39.3 Å². The molecular formula is C22H23N5OS. The number of thiophene rings is 1. The summed E-state index contributed by atoms with van der Waals surface area (Å²) < 4.78 is 2.99. The Balaban J connectivity index is 1.33. The molecule has 148 valence electrons. The van der Waals surface area contributed by atoms with Crippen LogP contribution in [0, 0.1) is 0 Å². The molecule has 4 aromatic rings. The van der Waals surface area contributed by atoms with Gasteiger partial charge in [0.1, 0.15) is 12.7 Å². The number of carbonyl (C=O) groups excluding carboxylic acids is 1. The van der Waals surface area contributed by atoms with Gasteiger partial charge in [-0.2, -0.15) is 5.10 Å². The zero-order valence-electron chi connectivity index (χ0n) is 16.4. The van der Waals surface area contributed by atoms with Gasteiger partial charge in [0.25, 0.3) is 0 Å². The van der Waals surface area contributed by atoms with Gasteiger partial charge in [-0.25, -0.2) is 14.5 Å². The molecule has 6 nitrogen and oxygen atoms in total. The Morgan fingerprint density at radius 2 is 2.00 bits per heavy atom. The second-order valence-electron chi connectivity index (χ2n) is 6.96. The lowest BCUT2D eigenvalue weighted by atomic mass is 10.1. The summed E-state index contributed by atoms with van der Waals surface area (Å²) in [6.07, 6.45) is 3.99. The number of nitrogens with one attached hydrogen (secondary N) is 1. The van der Waals surface area contributed by atoms with Crippen LogP contribution in [0.3, 0.4) is 0 Å². The molecule has 4 rings (SSSR count). The normalized spacial score (nSPS) is 12.1. The summed E-state index contributed by atoms with van der Waals surface area (Å²) in [5.41, 5.74) is 3.29. The summed E-state index contributed by atoms with van der Waals surface area (Å²) in [6, 6.07) is 16.3. The first-order chi connectivity index (χ1) is 14.1. The number of carbonyl (C=O) groups is 1. The molecule has 0 saturated heterocycles. The van der Waals surface area contributed by atoms with Crippen molar-refractivity contribution < 1.29 is 4.79 Å². The third-order valence-electron chi connectivity index (χ3n) is 5.19. The summed E-state index contributed by atoms with van der Waals surface area (Å²) in [4.78, 5) is 18.3. The Morgan fingerprint density at radius 1 is 1.21 bits per heavy atom. The number of nitrogens with zero attached hydrogens (tertiary/aromatic N) is 4. The molecule has 29 heavy (non-hydrogen) atoms. The number of urea groups is 1. The second-order valence-corrected chi connectivity index (χ2v) is 7.87. The minimum Gasteiger partial charge on any atom is -0.338 e. The van der Waals surface area contributed by atoms with E-state index in [1.165, 1.54) is 22.0 Å². The smallest absolute Gasteiger partial charge is 0.317 e. The van der Waals surface area contributed by atoms with Crippen LogP contribution in [-0.2, 0) is 6.42 Å². The zero-order chi connectivity index (χ0) is 20.2. The first-order valence-electron chi connectivity index (χ1n) is 9.54. The van der Waals surface area contributed by atoms with Crippen LogP contribution in [0.15, 0.2) is 66.6 Å². The minimum absolute atomic E-state index is 0.0400. The van der Waals surface area contributed by atoms with Crippen molar-refractivity contribution in [1.29, 1.82) is 0 Å². The van der Waals surface area contributed by atoms with E-state index in [9.17, 15) is 4.79 Å². The Kier molecular flexibility index (Phi) is 5.57. The van der Waals surface area contributed by atoms with Crippen molar-refractivity contribution in [2.24, 2.45) is 0 Å². The van der Waals surface area contributed by atoms with Crippen LogP contribution in [0.4, 0.5) is 4.79 Å². The Labute approximate surface area is 173 Å². The standard InChI is InChI=1S/C22H23N5OS/c1-16(17-7-9-19(10-8-17)27-15-23-14-25-27)26(2)22(28)24-12-11-18-13-29-21-6-4-3-5-20(18)21/h3-10,13-16H,11-12H2,1-2H3,(H,24,28). The summed E-state index contributed by atoms with van der Waals surface area (Å²) in [5.74, 6) is 0. The molecule has 0 bridgehead atoms. The second kappa shape index (κ2) is 8.45. The van der Waals surface area contributed by atoms with Crippen LogP contribution >= 0.6 is 11.3 Å². The summed E-state index contributed by atoms with van der Waals surface area (Å²) in [7, 11) is 1.82. The fraction of sp³-hybridized carbons (Fsp3) is 0.227. The van der Waals surface area contributed by atoms with E-state index in [0.717, 1.165) is 17.7 Å². The molecule has 2 aromatic heterocycles. The molecule has 2 aromatic carbocycles. The monoisotopic (exact) mass is 405 g/mol. The van der Waals surface area contributed by atoms with Gasteiger partial charge in [0.15, 0.2) is 0 Å². The van der Waals surface area contributed by atoms with E-state index in [2.05, 4.69) is 45.0 Å². The Bertz CT molecular complexity index is 1090. The van der Waals surface area contributed by atoms with Gasteiger partial charge >= 0.3 is 6.03 Å². The third kappa shape index (κ3) is 4.14. The molecule has 0 aliphatic rings. The third-order valence-corrected chi connectivity index (χ3v) is 6.20. The van der Waals surface area contributed by atoms with Crippen molar-refractivity contribution in [2.45, 2.75) is 19.4 Å². The number of amides is 2. The van der Waals surface area contributed by atoms with E-state index in [-0.39, 0.29) is 12.1 Å². The molecule has 1 unspecified atom stereocenters. The van der Waals surface area contributed by atoms with Gasteiger partial charge in [0.05, 0.1) is 11.7 Å². The molecule has 1 N–H and O–H groups in total. The highest BCUT2D eigenvalue weighted by molar-refractivity contribution is 7.17. The molecule has 1 atom stereocenters. The molecule has 7 heteroatoms. The van der Waals surface area contributed by atoms with E-state index in [1.807, 2.05) is 38.2 Å². The number of hydrogen-bond acceptors (Lipinski definition) is 4. The number of hydrogen-bond donors (Lipinski definition) is 1. The highest BCUT2D eigenvalue weighted by atomic mass is 32.1. The van der Waals surface area contributed by atoms with Gasteiger partial charge in [0, 0.05) is 18.3 Å². The molecule has 0 aliphatic heterocycles. The first kappa shape index (κ1) is 19.1. The first-order valence-corrected chi connectivity index (χ1v) is 10.4. The highest BCUT2D eigenvalue weighted by Gasteiger charge is 2.17.